The Hall–Kier alpha value is -2.96. The second kappa shape index (κ2) is 11.3. The molecule has 0 spiro atoms. The molecule has 33 heavy (non-hydrogen) atoms. The zero-order chi connectivity index (χ0) is 23.8. The molecule has 0 radical (unpaired) electrons. The van der Waals surface area contributed by atoms with E-state index in [4.69, 9.17) is 0 Å². The Morgan fingerprint density at radius 3 is 1.97 bits per heavy atom. The first-order valence-electron chi connectivity index (χ1n) is 11.3. The number of rotatable bonds is 10. The molecular weight excluding hydrogens is 432 g/mol. The molecule has 1 unspecified atom stereocenters. The van der Waals surface area contributed by atoms with Gasteiger partial charge in [0.1, 0.15) is 0 Å². The third-order valence-corrected chi connectivity index (χ3v) is 7.52. The van der Waals surface area contributed by atoms with Crippen molar-refractivity contribution in [2.75, 3.05) is 13.1 Å². The van der Waals surface area contributed by atoms with E-state index in [0.717, 1.165) is 28.7 Å². The molecule has 0 aliphatic heterocycles. The number of hydrogen-bond donors (Lipinski definition) is 2. The van der Waals surface area contributed by atoms with Gasteiger partial charge in [-0.2, -0.15) is 0 Å². The lowest BCUT2D eigenvalue weighted by Crippen LogP contribution is -2.33. The number of nitrogens with one attached hydrogen (secondary N) is 2. The van der Waals surface area contributed by atoms with E-state index in [0.29, 0.717) is 18.7 Å². The Kier molecular flexibility index (Phi) is 8.42. The number of amides is 1. The van der Waals surface area contributed by atoms with E-state index in [1.807, 2.05) is 25.1 Å². The van der Waals surface area contributed by atoms with Gasteiger partial charge in [0.15, 0.2) is 0 Å². The maximum absolute atomic E-state index is 12.1. The first-order chi connectivity index (χ1) is 15.8. The number of sulfonamides is 1. The van der Waals surface area contributed by atoms with Crippen molar-refractivity contribution in [3.05, 3.63) is 95.6 Å². The summed E-state index contributed by atoms with van der Waals surface area (Å²) < 4.78 is 26.6. The molecule has 5 nitrogen and oxygen atoms in total. The molecule has 6 heteroatoms. The summed E-state index contributed by atoms with van der Waals surface area (Å²) in [5.41, 5.74) is 5.15. The Balaban J connectivity index is 1.52. The van der Waals surface area contributed by atoms with Crippen LogP contribution < -0.4 is 10.0 Å². The number of carbonyl (C=O) groups excluding carboxylic acids is 1. The molecule has 3 aromatic rings. The molecule has 0 saturated heterocycles. The Bertz CT molecular complexity index is 1140. The van der Waals surface area contributed by atoms with Gasteiger partial charge in [-0.1, -0.05) is 73.7 Å². The third-order valence-electron chi connectivity index (χ3n) is 5.71. The Morgan fingerprint density at radius 2 is 1.39 bits per heavy atom. The van der Waals surface area contributed by atoms with Gasteiger partial charge in [0.05, 0.1) is 5.25 Å². The molecular formula is C27H32N2O3S. The number of carbonyl (C=O) groups is 1. The van der Waals surface area contributed by atoms with E-state index in [-0.39, 0.29) is 11.8 Å². The third kappa shape index (κ3) is 7.01. The van der Waals surface area contributed by atoms with Crippen molar-refractivity contribution < 1.29 is 13.2 Å². The highest BCUT2D eigenvalue weighted by atomic mass is 32.2. The summed E-state index contributed by atoms with van der Waals surface area (Å²) in [4.78, 5) is 12.1. The van der Waals surface area contributed by atoms with Gasteiger partial charge in [-0.05, 0) is 60.6 Å². The largest absolute Gasteiger partial charge is 0.352 e. The summed E-state index contributed by atoms with van der Waals surface area (Å²) in [6.07, 6.45) is 0.765. The minimum absolute atomic E-state index is 0.0569. The zero-order valence-corrected chi connectivity index (χ0v) is 20.2. The van der Waals surface area contributed by atoms with E-state index in [1.165, 1.54) is 0 Å². The van der Waals surface area contributed by atoms with Crippen LogP contribution in [0.3, 0.4) is 0 Å². The molecule has 0 fully saturated rings. The van der Waals surface area contributed by atoms with E-state index in [1.54, 1.807) is 26.0 Å². The summed E-state index contributed by atoms with van der Waals surface area (Å²) in [6.45, 7) is 6.33. The molecule has 1 amide bonds. The van der Waals surface area contributed by atoms with Crippen LogP contribution in [0.25, 0.3) is 11.1 Å². The maximum Gasteiger partial charge on any atom is 0.251 e. The smallest absolute Gasteiger partial charge is 0.251 e. The van der Waals surface area contributed by atoms with Gasteiger partial charge in [0, 0.05) is 18.7 Å². The van der Waals surface area contributed by atoms with Crippen LogP contribution in [0.5, 0.6) is 0 Å². The molecule has 2 N–H and O–H groups in total. The molecule has 0 heterocycles. The second-order valence-corrected chi connectivity index (χ2v) is 10.9. The van der Waals surface area contributed by atoms with Crippen LogP contribution in [-0.4, -0.2) is 32.7 Å². The average Bonchev–Trinajstić information content (AvgIpc) is 2.83. The van der Waals surface area contributed by atoms with Gasteiger partial charge in [0.25, 0.3) is 5.91 Å². The van der Waals surface area contributed by atoms with Crippen molar-refractivity contribution in [3.63, 3.8) is 0 Å². The van der Waals surface area contributed by atoms with Crippen molar-refractivity contribution in [2.24, 2.45) is 0 Å². The average molecular weight is 465 g/mol. The van der Waals surface area contributed by atoms with E-state index >= 15 is 0 Å². The molecule has 3 rings (SSSR count). The van der Waals surface area contributed by atoms with Crippen LogP contribution in [-0.2, 0) is 16.4 Å². The molecule has 0 aliphatic carbocycles. The number of hydrogen-bond acceptors (Lipinski definition) is 3. The fourth-order valence-corrected chi connectivity index (χ4v) is 4.22. The van der Waals surface area contributed by atoms with E-state index < -0.39 is 15.3 Å². The van der Waals surface area contributed by atoms with Crippen LogP contribution in [0.1, 0.15) is 48.2 Å². The van der Waals surface area contributed by atoms with E-state index in [9.17, 15) is 13.2 Å². The highest BCUT2D eigenvalue weighted by molar-refractivity contribution is 7.90. The first-order valence-corrected chi connectivity index (χ1v) is 12.8. The predicted molar refractivity (Wildman–Crippen MR) is 135 cm³/mol. The molecule has 0 aliphatic rings. The van der Waals surface area contributed by atoms with Crippen molar-refractivity contribution in [1.82, 2.24) is 10.0 Å². The fourth-order valence-electron chi connectivity index (χ4n) is 3.41. The molecule has 0 aromatic heterocycles. The lowest BCUT2D eigenvalue weighted by molar-refractivity contribution is 0.0954. The zero-order valence-electron chi connectivity index (χ0n) is 19.4. The van der Waals surface area contributed by atoms with Crippen molar-refractivity contribution in [2.45, 2.75) is 38.4 Å². The van der Waals surface area contributed by atoms with Gasteiger partial charge in [-0.3, -0.25) is 4.79 Å². The highest BCUT2D eigenvalue weighted by Crippen LogP contribution is 2.23. The van der Waals surface area contributed by atoms with Crippen molar-refractivity contribution >= 4 is 15.9 Å². The fraction of sp³-hybridized carbons (Fsp3) is 0.296. The first kappa shape index (κ1) is 24.7. The minimum atomic E-state index is -3.26. The maximum atomic E-state index is 12.1. The molecule has 1 atom stereocenters. The van der Waals surface area contributed by atoms with Gasteiger partial charge in [0.2, 0.25) is 10.0 Å². The summed E-state index contributed by atoms with van der Waals surface area (Å²) >= 11 is 0. The van der Waals surface area contributed by atoms with Crippen LogP contribution in [0.4, 0.5) is 0 Å². The lowest BCUT2D eigenvalue weighted by atomic mass is 9.97. The summed E-state index contributed by atoms with van der Waals surface area (Å²) in [6, 6.07) is 25.8. The Morgan fingerprint density at radius 1 is 0.818 bits per heavy atom. The molecule has 0 bridgehead atoms. The number of benzene rings is 3. The van der Waals surface area contributed by atoms with Crippen LogP contribution in [0.2, 0.25) is 0 Å². The Labute approximate surface area is 197 Å². The van der Waals surface area contributed by atoms with Crippen LogP contribution in [0, 0.1) is 0 Å². The van der Waals surface area contributed by atoms with Gasteiger partial charge < -0.3 is 5.32 Å². The summed E-state index contributed by atoms with van der Waals surface area (Å²) in [5, 5.41) is 2.52. The lowest BCUT2D eigenvalue weighted by Gasteiger charge is -2.15. The van der Waals surface area contributed by atoms with Crippen molar-refractivity contribution in [1.29, 1.82) is 0 Å². The standard InChI is InChI=1S/C27H32N2O3S/c1-20(2)33(31,32)29-19-21(3)23-13-15-25(16-14-23)24-11-9-22(10-12-24)17-18-28-27(30)26-7-5-4-6-8-26/h4-16,20-21,29H,17-19H2,1-3H3,(H,28,30). The van der Waals surface area contributed by atoms with Gasteiger partial charge >= 0.3 is 0 Å². The topological polar surface area (TPSA) is 75.3 Å². The molecule has 0 saturated carbocycles. The highest BCUT2D eigenvalue weighted by Gasteiger charge is 2.17. The van der Waals surface area contributed by atoms with Crippen molar-refractivity contribution in [3.8, 4) is 11.1 Å². The molecule has 174 valence electrons. The second-order valence-electron chi connectivity index (χ2n) is 8.53. The summed E-state index contributed by atoms with van der Waals surface area (Å²) in [5.74, 6) is 0.0274. The molecule has 3 aromatic carbocycles. The normalized spacial score (nSPS) is 12.5. The monoisotopic (exact) mass is 464 g/mol. The predicted octanol–water partition coefficient (Wildman–Crippen LogP) is 4.76. The van der Waals surface area contributed by atoms with E-state index in [2.05, 4.69) is 58.6 Å². The quantitative estimate of drug-likeness (QED) is 0.454. The van der Waals surface area contributed by atoms with Gasteiger partial charge in [-0.25, -0.2) is 13.1 Å². The van der Waals surface area contributed by atoms with Gasteiger partial charge in [-0.15, -0.1) is 0 Å². The van der Waals surface area contributed by atoms with Crippen LogP contribution in [0.15, 0.2) is 78.9 Å². The summed E-state index contributed by atoms with van der Waals surface area (Å²) in [7, 11) is -3.26. The SMILES string of the molecule is CC(CNS(=O)(=O)C(C)C)c1ccc(-c2ccc(CCNC(=O)c3ccccc3)cc2)cc1. The van der Waals surface area contributed by atoms with Crippen LogP contribution >= 0.6 is 0 Å². The minimum Gasteiger partial charge on any atom is -0.352 e.